The summed E-state index contributed by atoms with van der Waals surface area (Å²) in [7, 11) is 0. The lowest BCUT2D eigenvalue weighted by atomic mass is 9.90. The molecule has 1 aliphatic carbocycles. The molecule has 17 heavy (non-hydrogen) atoms. The zero-order valence-corrected chi connectivity index (χ0v) is 9.72. The summed E-state index contributed by atoms with van der Waals surface area (Å²) in [5.41, 5.74) is 1.15. The molecule has 0 atom stereocenters. The average Bonchev–Trinajstić information content (AvgIpc) is 2.69. The largest absolute Gasteiger partial charge is 0.638 e. The normalized spacial score (nSPS) is 22.4. The van der Waals surface area contributed by atoms with E-state index in [1.54, 1.807) is 0 Å². The standard InChI is InChI=1S/C14H15N2O/c17-16-11-13(12-7-3-1-4-8-12)15-14(16)9-5-2-6-10-14/h1,3-4,7-8H,2,5-6,9-10H2/q-1. The van der Waals surface area contributed by atoms with Gasteiger partial charge in [-0.2, -0.15) is 0 Å². The average molecular weight is 227 g/mol. The first-order valence-electron chi connectivity index (χ1n) is 6.19. The van der Waals surface area contributed by atoms with E-state index in [1.807, 2.05) is 30.3 Å². The van der Waals surface area contributed by atoms with Crippen molar-refractivity contribution in [2.24, 2.45) is 4.99 Å². The van der Waals surface area contributed by atoms with Crippen molar-refractivity contribution in [3.63, 3.8) is 0 Å². The van der Waals surface area contributed by atoms with Crippen molar-refractivity contribution in [2.45, 2.75) is 37.8 Å². The van der Waals surface area contributed by atoms with E-state index in [0.29, 0.717) is 5.71 Å². The maximum absolute atomic E-state index is 12.0. The highest BCUT2D eigenvalue weighted by Crippen LogP contribution is 2.34. The molecule has 0 N–H and O–H groups in total. The summed E-state index contributed by atoms with van der Waals surface area (Å²) in [6.45, 7) is 0. The highest BCUT2D eigenvalue weighted by molar-refractivity contribution is 6.37. The Labute approximate surface area is 101 Å². The van der Waals surface area contributed by atoms with Gasteiger partial charge in [0.15, 0.2) is 0 Å². The Bertz CT molecular complexity index is 470. The monoisotopic (exact) mass is 227 g/mol. The minimum atomic E-state index is -0.538. The highest BCUT2D eigenvalue weighted by Gasteiger charge is 2.40. The third kappa shape index (κ3) is 1.75. The molecule has 3 nitrogen and oxygen atoms in total. The summed E-state index contributed by atoms with van der Waals surface area (Å²) in [6, 6.07) is 9.83. The van der Waals surface area contributed by atoms with Gasteiger partial charge in [0.2, 0.25) is 5.66 Å². The Hall–Kier alpha value is -1.64. The maximum Gasteiger partial charge on any atom is 0.246 e. The van der Waals surface area contributed by atoms with Crippen molar-refractivity contribution >= 4 is 11.9 Å². The van der Waals surface area contributed by atoms with Crippen LogP contribution in [0.3, 0.4) is 0 Å². The lowest BCUT2D eigenvalue weighted by molar-refractivity contribution is -0.544. The van der Waals surface area contributed by atoms with Crippen LogP contribution in [0.5, 0.6) is 0 Å². The number of hydroxylamine groups is 1. The zero-order valence-electron chi connectivity index (χ0n) is 9.72. The number of hydrogen-bond acceptors (Lipinski definition) is 2. The molecule has 1 aromatic rings. The van der Waals surface area contributed by atoms with Gasteiger partial charge in [-0.05, 0) is 18.6 Å². The molecule has 1 fully saturated rings. The SMILES string of the molecule is [O-][N+]1=[C-]C(c2ccccc2)=NC12CCCCC2. The van der Waals surface area contributed by atoms with Gasteiger partial charge < -0.3 is 5.21 Å². The van der Waals surface area contributed by atoms with Crippen LogP contribution < -0.4 is 0 Å². The molecule has 0 unspecified atom stereocenters. The first-order chi connectivity index (χ1) is 8.30. The minimum absolute atomic E-state index is 0.538. The number of hydrogen-bond donors (Lipinski definition) is 0. The quantitative estimate of drug-likeness (QED) is 0.413. The van der Waals surface area contributed by atoms with Crippen molar-refractivity contribution in [2.75, 3.05) is 0 Å². The lowest BCUT2D eigenvalue weighted by Gasteiger charge is -2.31. The molecule has 0 aromatic heterocycles. The highest BCUT2D eigenvalue weighted by atomic mass is 16.5. The summed E-state index contributed by atoms with van der Waals surface area (Å²) in [4.78, 5) is 4.65. The molecule has 0 radical (unpaired) electrons. The van der Waals surface area contributed by atoms with E-state index in [9.17, 15) is 5.21 Å². The Morgan fingerprint density at radius 3 is 2.53 bits per heavy atom. The third-order valence-electron chi connectivity index (χ3n) is 3.61. The van der Waals surface area contributed by atoms with Gasteiger partial charge in [0.05, 0.1) is 6.21 Å². The van der Waals surface area contributed by atoms with E-state index in [0.717, 1.165) is 36.0 Å². The molecule has 3 rings (SSSR count). The molecule has 3 heteroatoms. The molecule has 0 bridgehead atoms. The second kappa shape index (κ2) is 3.99. The molecule has 0 amide bonds. The summed E-state index contributed by atoms with van der Waals surface area (Å²) in [6.07, 6.45) is 7.97. The third-order valence-corrected chi connectivity index (χ3v) is 3.61. The Kier molecular flexibility index (Phi) is 2.46. The number of aliphatic imine (C=N–C) groups is 1. The molecular formula is C14H15N2O-. The fourth-order valence-electron chi connectivity index (χ4n) is 2.64. The van der Waals surface area contributed by atoms with E-state index in [4.69, 9.17) is 0 Å². The van der Waals surface area contributed by atoms with Gasteiger partial charge in [0.25, 0.3) is 0 Å². The Morgan fingerprint density at radius 2 is 1.82 bits per heavy atom. The Balaban J connectivity index is 1.96. The van der Waals surface area contributed by atoms with Crippen LogP contribution >= 0.6 is 0 Å². The van der Waals surface area contributed by atoms with E-state index in [1.165, 1.54) is 6.42 Å². The van der Waals surface area contributed by atoms with Crippen LogP contribution in [0.2, 0.25) is 0 Å². The predicted octanol–water partition coefficient (Wildman–Crippen LogP) is 2.61. The molecular weight excluding hydrogens is 212 g/mol. The molecule has 1 aliphatic heterocycles. The maximum atomic E-state index is 12.0. The van der Waals surface area contributed by atoms with Crippen LogP contribution in [0.1, 0.15) is 37.7 Å². The van der Waals surface area contributed by atoms with Gasteiger partial charge in [0.1, 0.15) is 0 Å². The minimum Gasteiger partial charge on any atom is -0.638 e. The van der Waals surface area contributed by atoms with Crippen LogP contribution in [0.25, 0.3) is 0 Å². The van der Waals surface area contributed by atoms with Gasteiger partial charge in [-0.25, -0.2) is 4.99 Å². The van der Waals surface area contributed by atoms with Crippen LogP contribution in [-0.4, -0.2) is 22.3 Å². The summed E-state index contributed by atoms with van der Waals surface area (Å²) in [5.74, 6) is 0. The van der Waals surface area contributed by atoms with Gasteiger partial charge in [-0.3, -0.25) is 4.74 Å². The smallest absolute Gasteiger partial charge is 0.246 e. The fourth-order valence-corrected chi connectivity index (χ4v) is 2.64. The number of nitrogens with zero attached hydrogens (tertiary/aromatic N) is 2. The van der Waals surface area contributed by atoms with Gasteiger partial charge in [0, 0.05) is 12.8 Å². The predicted molar refractivity (Wildman–Crippen MR) is 67.4 cm³/mol. The molecule has 1 heterocycles. The van der Waals surface area contributed by atoms with Crippen LogP contribution in [0.4, 0.5) is 0 Å². The molecule has 1 saturated carbocycles. The number of rotatable bonds is 1. The number of benzene rings is 1. The summed E-state index contributed by atoms with van der Waals surface area (Å²) in [5, 5.41) is 12.0. The van der Waals surface area contributed by atoms with Crippen LogP contribution in [-0.2, 0) is 0 Å². The van der Waals surface area contributed by atoms with E-state index >= 15 is 0 Å². The molecule has 0 saturated heterocycles. The van der Waals surface area contributed by atoms with Crippen molar-refractivity contribution in [3.8, 4) is 0 Å². The van der Waals surface area contributed by atoms with Gasteiger partial charge in [-0.15, -0.1) is 17.7 Å². The molecule has 88 valence electrons. The molecule has 1 aromatic carbocycles. The van der Waals surface area contributed by atoms with Crippen LogP contribution in [0.15, 0.2) is 35.3 Å². The zero-order chi connectivity index (χ0) is 11.7. The second-order valence-electron chi connectivity index (χ2n) is 4.78. The van der Waals surface area contributed by atoms with Crippen molar-refractivity contribution < 1.29 is 4.74 Å². The summed E-state index contributed by atoms with van der Waals surface area (Å²) >= 11 is 0. The molecule has 1 spiro atoms. The van der Waals surface area contributed by atoms with Crippen LogP contribution in [0, 0.1) is 5.21 Å². The first-order valence-corrected chi connectivity index (χ1v) is 6.19. The van der Waals surface area contributed by atoms with Gasteiger partial charge >= 0.3 is 0 Å². The van der Waals surface area contributed by atoms with Crippen molar-refractivity contribution in [1.82, 2.24) is 0 Å². The molecule has 2 aliphatic rings. The van der Waals surface area contributed by atoms with Crippen molar-refractivity contribution in [1.29, 1.82) is 0 Å². The lowest BCUT2D eigenvalue weighted by Crippen LogP contribution is -2.36. The second-order valence-corrected chi connectivity index (χ2v) is 4.78. The van der Waals surface area contributed by atoms with Crippen molar-refractivity contribution in [3.05, 3.63) is 41.1 Å². The summed E-state index contributed by atoms with van der Waals surface area (Å²) < 4.78 is 0.953. The first kappa shape index (κ1) is 10.5. The fraction of sp³-hybridized carbons (Fsp3) is 0.429. The topological polar surface area (TPSA) is 38.4 Å². The van der Waals surface area contributed by atoms with E-state index in [2.05, 4.69) is 11.2 Å². The van der Waals surface area contributed by atoms with Gasteiger partial charge in [-0.1, -0.05) is 24.6 Å². The van der Waals surface area contributed by atoms with E-state index in [-0.39, 0.29) is 0 Å². The van der Waals surface area contributed by atoms with E-state index < -0.39 is 5.66 Å². The Morgan fingerprint density at radius 1 is 1.12 bits per heavy atom.